The zero-order valence-corrected chi connectivity index (χ0v) is 15.9. The number of pyridine rings is 1. The van der Waals surface area contributed by atoms with E-state index in [-0.39, 0.29) is 24.2 Å². The fourth-order valence-corrected chi connectivity index (χ4v) is 3.87. The van der Waals surface area contributed by atoms with E-state index in [1.807, 2.05) is 48.5 Å². The highest BCUT2D eigenvalue weighted by Gasteiger charge is 2.34. The van der Waals surface area contributed by atoms with Gasteiger partial charge in [0.25, 0.3) is 0 Å². The van der Waals surface area contributed by atoms with Gasteiger partial charge in [0, 0.05) is 25.7 Å². The summed E-state index contributed by atoms with van der Waals surface area (Å²) in [7, 11) is 0. The Kier molecular flexibility index (Phi) is 5.38. The SMILES string of the molecule is O=C(Nc1nnc(-c2ccccn2)s1)[C@H]1CC(=O)N(CCc2ccccc2)C1. The number of nitrogens with zero attached hydrogens (tertiary/aromatic N) is 4. The van der Waals surface area contributed by atoms with E-state index in [1.165, 1.54) is 16.9 Å². The maximum Gasteiger partial charge on any atom is 0.231 e. The van der Waals surface area contributed by atoms with Gasteiger partial charge >= 0.3 is 0 Å². The lowest BCUT2D eigenvalue weighted by Gasteiger charge is -2.16. The monoisotopic (exact) mass is 393 g/mol. The molecular formula is C20H19N5O2S. The first-order chi connectivity index (χ1) is 13.7. The zero-order valence-electron chi connectivity index (χ0n) is 15.1. The van der Waals surface area contributed by atoms with Crippen LogP contribution in [0.2, 0.25) is 0 Å². The summed E-state index contributed by atoms with van der Waals surface area (Å²) in [6.45, 7) is 1.05. The van der Waals surface area contributed by atoms with Crippen LogP contribution in [-0.2, 0) is 16.0 Å². The Labute approximate surface area is 166 Å². The van der Waals surface area contributed by atoms with Crippen molar-refractivity contribution in [2.75, 3.05) is 18.4 Å². The Morgan fingerprint density at radius 3 is 2.75 bits per heavy atom. The van der Waals surface area contributed by atoms with Crippen molar-refractivity contribution in [2.45, 2.75) is 12.8 Å². The van der Waals surface area contributed by atoms with Crippen molar-refractivity contribution in [1.82, 2.24) is 20.1 Å². The first kappa shape index (κ1) is 18.2. The predicted molar refractivity (Wildman–Crippen MR) is 107 cm³/mol. The second kappa shape index (κ2) is 8.26. The van der Waals surface area contributed by atoms with Crippen molar-refractivity contribution < 1.29 is 9.59 Å². The summed E-state index contributed by atoms with van der Waals surface area (Å²) in [6, 6.07) is 15.6. The second-order valence-corrected chi connectivity index (χ2v) is 7.57. The number of likely N-dealkylation sites (tertiary alicyclic amines) is 1. The molecule has 1 saturated heterocycles. The van der Waals surface area contributed by atoms with Gasteiger partial charge in [-0.05, 0) is 24.1 Å². The van der Waals surface area contributed by atoms with Gasteiger partial charge in [-0.15, -0.1) is 10.2 Å². The molecule has 8 heteroatoms. The molecule has 1 aliphatic heterocycles. The van der Waals surface area contributed by atoms with Crippen LogP contribution in [0.4, 0.5) is 5.13 Å². The Balaban J connectivity index is 1.33. The standard InChI is InChI=1S/C20H19N5O2S/c26-17-12-15(13-25(17)11-9-14-6-2-1-3-7-14)18(27)22-20-24-23-19(28-20)16-8-4-5-10-21-16/h1-8,10,15H,9,11-13H2,(H,22,24,27)/t15-/m0/s1. The minimum absolute atomic E-state index is 0.0162. The van der Waals surface area contributed by atoms with E-state index in [0.29, 0.717) is 28.9 Å². The third-order valence-corrected chi connectivity index (χ3v) is 5.50. The number of carbonyl (C=O) groups is 2. The normalized spacial score (nSPS) is 16.4. The van der Waals surface area contributed by atoms with Gasteiger partial charge in [0.05, 0.1) is 5.92 Å². The molecule has 2 aromatic heterocycles. The molecule has 3 aromatic rings. The molecule has 1 atom stereocenters. The van der Waals surface area contributed by atoms with Crippen molar-refractivity contribution in [3.8, 4) is 10.7 Å². The number of hydrogen-bond acceptors (Lipinski definition) is 6. The van der Waals surface area contributed by atoms with Crippen molar-refractivity contribution >= 4 is 28.3 Å². The van der Waals surface area contributed by atoms with Crippen LogP contribution in [0.3, 0.4) is 0 Å². The maximum atomic E-state index is 12.6. The Bertz CT molecular complexity index is 961. The van der Waals surface area contributed by atoms with Crippen molar-refractivity contribution in [3.05, 3.63) is 60.3 Å². The first-order valence-electron chi connectivity index (χ1n) is 9.06. The molecule has 4 rings (SSSR count). The zero-order chi connectivity index (χ0) is 19.3. The van der Waals surface area contributed by atoms with Crippen LogP contribution in [0.25, 0.3) is 10.7 Å². The summed E-state index contributed by atoms with van der Waals surface area (Å²) < 4.78 is 0. The Hall–Kier alpha value is -3.13. The van der Waals surface area contributed by atoms with Gasteiger partial charge in [-0.2, -0.15) is 0 Å². The fourth-order valence-electron chi connectivity index (χ4n) is 3.15. The molecule has 0 saturated carbocycles. The minimum atomic E-state index is -0.370. The van der Waals surface area contributed by atoms with Gasteiger partial charge in [-0.3, -0.25) is 14.6 Å². The summed E-state index contributed by atoms with van der Waals surface area (Å²) >= 11 is 1.27. The lowest BCUT2D eigenvalue weighted by Crippen LogP contribution is -2.30. The van der Waals surface area contributed by atoms with Gasteiger partial charge < -0.3 is 10.2 Å². The molecule has 1 aromatic carbocycles. The van der Waals surface area contributed by atoms with Crippen LogP contribution >= 0.6 is 11.3 Å². The van der Waals surface area contributed by atoms with Crippen molar-refractivity contribution in [1.29, 1.82) is 0 Å². The number of rotatable bonds is 6. The molecule has 2 amide bonds. The van der Waals surface area contributed by atoms with Gasteiger partial charge in [0.15, 0.2) is 5.01 Å². The molecular weight excluding hydrogens is 374 g/mol. The van der Waals surface area contributed by atoms with Gasteiger partial charge in [-0.1, -0.05) is 47.7 Å². The number of carbonyl (C=O) groups excluding carboxylic acids is 2. The lowest BCUT2D eigenvalue weighted by atomic mass is 10.1. The highest BCUT2D eigenvalue weighted by atomic mass is 32.1. The van der Waals surface area contributed by atoms with Crippen LogP contribution in [0.15, 0.2) is 54.7 Å². The van der Waals surface area contributed by atoms with E-state index >= 15 is 0 Å². The molecule has 0 spiro atoms. The summed E-state index contributed by atoms with van der Waals surface area (Å²) in [4.78, 5) is 30.8. The van der Waals surface area contributed by atoms with Crippen LogP contribution in [0.5, 0.6) is 0 Å². The van der Waals surface area contributed by atoms with Crippen LogP contribution in [0.1, 0.15) is 12.0 Å². The van der Waals surface area contributed by atoms with Crippen LogP contribution in [0, 0.1) is 5.92 Å². The molecule has 1 N–H and O–H groups in total. The predicted octanol–water partition coefficient (Wildman–Crippen LogP) is 2.63. The fraction of sp³-hybridized carbons (Fsp3) is 0.250. The third kappa shape index (κ3) is 4.23. The van der Waals surface area contributed by atoms with Crippen LogP contribution in [-0.4, -0.2) is 45.0 Å². The summed E-state index contributed by atoms with van der Waals surface area (Å²) in [5, 5.41) is 11.9. The third-order valence-electron chi connectivity index (χ3n) is 4.64. The number of hydrogen-bond donors (Lipinski definition) is 1. The first-order valence-corrected chi connectivity index (χ1v) is 9.88. The molecule has 28 heavy (non-hydrogen) atoms. The maximum absolute atomic E-state index is 12.6. The van der Waals surface area contributed by atoms with E-state index in [9.17, 15) is 9.59 Å². The summed E-state index contributed by atoms with van der Waals surface area (Å²) in [5.74, 6) is -0.549. The molecule has 142 valence electrons. The number of nitrogens with one attached hydrogen (secondary N) is 1. The highest BCUT2D eigenvalue weighted by Crippen LogP contribution is 2.26. The van der Waals surface area contributed by atoms with E-state index in [2.05, 4.69) is 20.5 Å². The highest BCUT2D eigenvalue weighted by molar-refractivity contribution is 7.18. The smallest absolute Gasteiger partial charge is 0.231 e. The van der Waals surface area contributed by atoms with E-state index < -0.39 is 0 Å². The number of benzene rings is 1. The van der Waals surface area contributed by atoms with Gasteiger partial charge in [0.1, 0.15) is 5.69 Å². The Morgan fingerprint density at radius 2 is 1.96 bits per heavy atom. The lowest BCUT2D eigenvalue weighted by molar-refractivity contribution is -0.128. The molecule has 1 fully saturated rings. The largest absolute Gasteiger partial charge is 0.342 e. The molecule has 0 aliphatic carbocycles. The van der Waals surface area contributed by atoms with Crippen molar-refractivity contribution in [3.63, 3.8) is 0 Å². The van der Waals surface area contributed by atoms with Gasteiger partial charge in [-0.25, -0.2) is 0 Å². The molecule has 1 aliphatic rings. The van der Waals surface area contributed by atoms with Gasteiger partial charge in [0.2, 0.25) is 16.9 Å². The molecule has 0 unspecified atom stereocenters. The number of amides is 2. The summed E-state index contributed by atoms with van der Waals surface area (Å²) in [6.07, 6.45) is 2.69. The number of anilines is 1. The molecule has 0 bridgehead atoms. The number of aromatic nitrogens is 3. The van der Waals surface area contributed by atoms with E-state index in [4.69, 9.17) is 0 Å². The van der Waals surface area contributed by atoms with Crippen molar-refractivity contribution in [2.24, 2.45) is 5.92 Å². The topological polar surface area (TPSA) is 88.1 Å². The quantitative estimate of drug-likeness (QED) is 0.696. The molecule has 3 heterocycles. The average molecular weight is 393 g/mol. The Morgan fingerprint density at radius 1 is 1.14 bits per heavy atom. The second-order valence-electron chi connectivity index (χ2n) is 6.59. The molecule has 0 radical (unpaired) electrons. The summed E-state index contributed by atoms with van der Waals surface area (Å²) in [5.41, 5.74) is 1.89. The van der Waals surface area contributed by atoms with E-state index in [0.717, 1.165) is 6.42 Å². The van der Waals surface area contributed by atoms with Crippen LogP contribution < -0.4 is 5.32 Å². The minimum Gasteiger partial charge on any atom is -0.342 e. The van der Waals surface area contributed by atoms with E-state index in [1.54, 1.807) is 11.1 Å². The average Bonchev–Trinajstić information content (AvgIpc) is 3.34. The molecule has 7 nitrogen and oxygen atoms in total.